The molecule has 1 heterocycles. The van der Waals surface area contributed by atoms with Crippen LogP contribution in [-0.4, -0.2) is 61.3 Å². The molecule has 10 aromatic rings. The van der Waals surface area contributed by atoms with Crippen LogP contribution in [0.4, 0.5) is 0 Å². The quantitative estimate of drug-likeness (QED) is 0.0449. The summed E-state index contributed by atoms with van der Waals surface area (Å²) in [5.41, 5.74) is 0.133. The minimum absolute atomic E-state index is 0.124. The Morgan fingerprint density at radius 1 is 0.230 bits per heavy atom. The highest BCUT2D eigenvalue weighted by Gasteiger charge is 2.35. The smallest absolute Gasteiger partial charge is 0.205 e. The number of aromatic hydroxyl groups is 12. The molecule has 13 heteroatoms. The number of benzene rings is 9. The molecule has 0 saturated heterocycles. The first kappa shape index (κ1) is 36.5. The van der Waals surface area contributed by atoms with Crippen molar-refractivity contribution in [1.29, 1.82) is 0 Å². The summed E-state index contributed by atoms with van der Waals surface area (Å²) in [6.07, 6.45) is 0. The van der Waals surface area contributed by atoms with Gasteiger partial charge in [0.15, 0.2) is 57.2 Å². The first-order valence-corrected chi connectivity index (χ1v) is 18.6. The molecule has 0 unspecified atom stereocenters. The highest BCUT2D eigenvalue weighted by molar-refractivity contribution is 6.28. The molecule has 1 aromatic heterocycles. The highest BCUT2D eigenvalue weighted by atomic mass is 16.4. The van der Waals surface area contributed by atoms with E-state index in [0.29, 0.717) is 32.7 Å². The van der Waals surface area contributed by atoms with E-state index in [0.717, 1.165) is 0 Å². The van der Waals surface area contributed by atoms with Crippen molar-refractivity contribution in [2.24, 2.45) is 0 Å². The van der Waals surface area contributed by atoms with Gasteiger partial charge in [-0.2, -0.15) is 0 Å². The van der Waals surface area contributed by atoms with Gasteiger partial charge in [0.1, 0.15) is 11.5 Å². The van der Waals surface area contributed by atoms with E-state index in [9.17, 15) is 61.3 Å². The zero-order chi connectivity index (χ0) is 42.8. The van der Waals surface area contributed by atoms with Crippen LogP contribution in [0.25, 0.3) is 98.8 Å². The van der Waals surface area contributed by atoms with Crippen LogP contribution >= 0.6 is 0 Å². The van der Waals surface area contributed by atoms with Crippen molar-refractivity contribution < 1.29 is 65.7 Å². The summed E-state index contributed by atoms with van der Waals surface area (Å²) in [5.74, 6) is -10.8. The second-order valence-corrected chi connectivity index (χ2v) is 14.5. The molecule has 0 amide bonds. The fourth-order valence-corrected chi connectivity index (χ4v) is 8.70. The van der Waals surface area contributed by atoms with E-state index in [1.165, 1.54) is 0 Å². The summed E-state index contributed by atoms with van der Waals surface area (Å²) in [4.78, 5) is 0. The lowest BCUT2D eigenvalue weighted by Gasteiger charge is -2.23. The van der Waals surface area contributed by atoms with Crippen molar-refractivity contribution in [2.75, 3.05) is 0 Å². The van der Waals surface area contributed by atoms with Gasteiger partial charge in [-0.05, 0) is 32.7 Å². The monoisotopic (exact) mass is 814 g/mol. The molecule has 0 aliphatic rings. The van der Waals surface area contributed by atoms with E-state index in [4.69, 9.17) is 4.42 Å². The molecule has 0 bridgehead atoms. The Morgan fingerprint density at radius 3 is 1.03 bits per heavy atom. The van der Waals surface area contributed by atoms with Crippen molar-refractivity contribution in [2.45, 2.75) is 0 Å². The van der Waals surface area contributed by atoms with Gasteiger partial charge in [-0.1, -0.05) is 109 Å². The third-order valence-electron chi connectivity index (χ3n) is 11.4. The van der Waals surface area contributed by atoms with E-state index >= 15 is 0 Å². The maximum Gasteiger partial charge on any atom is 0.205 e. The molecule has 300 valence electrons. The highest BCUT2D eigenvalue weighted by Crippen LogP contribution is 2.63. The van der Waals surface area contributed by atoms with Crippen LogP contribution < -0.4 is 0 Å². The molecule has 0 aliphatic heterocycles. The summed E-state index contributed by atoms with van der Waals surface area (Å²) < 4.78 is 5.87. The fourth-order valence-electron chi connectivity index (χ4n) is 8.70. The van der Waals surface area contributed by atoms with Gasteiger partial charge in [0.05, 0.1) is 32.7 Å². The Labute approximate surface area is 341 Å². The van der Waals surface area contributed by atoms with E-state index < -0.39 is 96.0 Å². The lowest BCUT2D eigenvalue weighted by atomic mass is 9.82. The third-order valence-corrected chi connectivity index (χ3v) is 11.4. The van der Waals surface area contributed by atoms with Gasteiger partial charge in [0.2, 0.25) is 11.5 Å². The van der Waals surface area contributed by atoms with Gasteiger partial charge in [-0.3, -0.25) is 0 Å². The van der Waals surface area contributed by atoms with Crippen LogP contribution in [0.1, 0.15) is 0 Å². The SMILES string of the molecule is Oc1c(O)c(-c2ccccc2)c(-c2ccccc2)c(O)c1-c1c2ccccc2c(-c2c(O)c(O)c3c(oc4c(O)c5c(O)c(O)c(O)c(O)c5c(O)c43)c2O)c2ccccc12. The largest absolute Gasteiger partial charge is 0.506 e. The van der Waals surface area contributed by atoms with Gasteiger partial charge in [0, 0.05) is 22.3 Å². The zero-order valence-electron chi connectivity index (χ0n) is 31.2. The van der Waals surface area contributed by atoms with E-state index in [-0.39, 0.29) is 39.1 Å². The maximum atomic E-state index is 12.4. The topological polar surface area (TPSA) is 256 Å². The second kappa shape index (κ2) is 12.8. The van der Waals surface area contributed by atoms with Crippen molar-refractivity contribution >= 4 is 54.3 Å². The lowest BCUT2D eigenvalue weighted by molar-refractivity contribution is 0.349. The molecule has 0 fully saturated rings. The molecule has 13 nitrogen and oxygen atoms in total. The normalized spacial score (nSPS) is 11.7. The van der Waals surface area contributed by atoms with Crippen molar-refractivity contribution in [1.82, 2.24) is 0 Å². The van der Waals surface area contributed by atoms with Crippen molar-refractivity contribution in [3.63, 3.8) is 0 Å². The number of fused-ring (bicyclic) bond motifs is 6. The fraction of sp³-hybridized carbons (Fsp3) is 0. The Bertz CT molecular complexity index is 3480. The predicted molar refractivity (Wildman–Crippen MR) is 228 cm³/mol. The maximum absolute atomic E-state index is 12.4. The molecule has 0 spiro atoms. The standard InChI is InChI=1S/C48H30O13/c49-35-25(19-11-3-1-4-12-19)26(20-13-5-2-6-14-20)37(51)38(52)29(35)27-21-15-7-9-17-23(21)28(24-18-10-8-16-22(24)27)30-39(53)42(56)34-33-36(50)31-32(41(55)46(60)45(59)40(31)54)44(58)47(33)61-48(34)43(30)57/h1-18,49-60H. The molecule has 12 N–H and O–H groups in total. The van der Waals surface area contributed by atoms with Crippen LogP contribution in [0, 0.1) is 0 Å². The van der Waals surface area contributed by atoms with Gasteiger partial charge < -0.3 is 65.7 Å². The molecule has 0 saturated carbocycles. The Kier molecular flexibility index (Phi) is 7.68. The van der Waals surface area contributed by atoms with E-state index in [1.807, 2.05) is 0 Å². The van der Waals surface area contributed by atoms with E-state index in [1.54, 1.807) is 109 Å². The first-order chi connectivity index (χ1) is 29.3. The average Bonchev–Trinajstić information content (AvgIpc) is 3.70. The summed E-state index contributed by atoms with van der Waals surface area (Å²) in [6, 6.07) is 31.0. The molecule has 9 aromatic carbocycles. The first-order valence-electron chi connectivity index (χ1n) is 18.6. The molecule has 0 radical (unpaired) electrons. The van der Waals surface area contributed by atoms with Gasteiger partial charge in [-0.15, -0.1) is 0 Å². The molecule has 10 rings (SSSR count). The second-order valence-electron chi connectivity index (χ2n) is 14.5. The van der Waals surface area contributed by atoms with Gasteiger partial charge in [0.25, 0.3) is 0 Å². The molecule has 0 aliphatic carbocycles. The molecule has 61 heavy (non-hydrogen) atoms. The number of phenolic OH excluding ortho intramolecular Hbond substituents is 12. The molecular formula is C48H30O13. The zero-order valence-corrected chi connectivity index (χ0v) is 31.2. The third kappa shape index (κ3) is 4.76. The van der Waals surface area contributed by atoms with Crippen LogP contribution in [-0.2, 0) is 0 Å². The molecule has 0 atom stereocenters. The molecular weight excluding hydrogens is 785 g/mol. The average molecular weight is 815 g/mol. The lowest BCUT2D eigenvalue weighted by Crippen LogP contribution is -1.95. The van der Waals surface area contributed by atoms with Crippen molar-refractivity contribution in [3.8, 4) is 114 Å². The number of furan rings is 1. The summed E-state index contributed by atoms with van der Waals surface area (Å²) in [7, 11) is 0. The predicted octanol–water partition coefficient (Wildman–Crippen LogP) is 10.2. The summed E-state index contributed by atoms with van der Waals surface area (Å²) in [6.45, 7) is 0. The minimum Gasteiger partial charge on any atom is -0.506 e. The van der Waals surface area contributed by atoms with Gasteiger partial charge >= 0.3 is 0 Å². The van der Waals surface area contributed by atoms with Crippen LogP contribution in [0.3, 0.4) is 0 Å². The Balaban J connectivity index is 1.33. The number of hydrogen-bond acceptors (Lipinski definition) is 13. The Hall–Kier alpha value is -8.84. The van der Waals surface area contributed by atoms with Crippen LogP contribution in [0.5, 0.6) is 69.0 Å². The summed E-state index contributed by atoms with van der Waals surface area (Å²) >= 11 is 0. The van der Waals surface area contributed by atoms with E-state index in [2.05, 4.69) is 0 Å². The number of rotatable bonds is 4. The minimum atomic E-state index is -1.23. The number of phenols is 12. The number of hydrogen-bond donors (Lipinski definition) is 12. The van der Waals surface area contributed by atoms with Crippen LogP contribution in [0.15, 0.2) is 114 Å². The van der Waals surface area contributed by atoms with Crippen molar-refractivity contribution in [3.05, 3.63) is 109 Å². The van der Waals surface area contributed by atoms with Crippen LogP contribution in [0.2, 0.25) is 0 Å². The Morgan fingerprint density at radius 2 is 0.557 bits per heavy atom. The summed E-state index contributed by atoms with van der Waals surface area (Å²) in [5, 5.41) is 135. The van der Waals surface area contributed by atoms with Gasteiger partial charge in [-0.25, -0.2) is 0 Å².